The van der Waals surface area contributed by atoms with Gasteiger partial charge in [0.1, 0.15) is 29.9 Å². The van der Waals surface area contributed by atoms with Crippen molar-refractivity contribution in [3.8, 4) is 0 Å². The molecule has 2 aromatic heterocycles. The predicted molar refractivity (Wildman–Crippen MR) is 89.6 cm³/mol. The second kappa shape index (κ2) is 5.59. The number of aromatic nitrogens is 4. The highest BCUT2D eigenvalue weighted by atomic mass is 35.5. The van der Waals surface area contributed by atoms with E-state index in [4.69, 9.17) is 41.4 Å². The van der Waals surface area contributed by atoms with Crippen molar-refractivity contribution in [1.29, 1.82) is 0 Å². The lowest BCUT2D eigenvalue weighted by atomic mass is 10.1. The fourth-order valence-electron chi connectivity index (χ4n) is 3.78. The summed E-state index contributed by atoms with van der Waals surface area (Å²) >= 11 is 5.88. The average molecular weight is 435 g/mol. The highest BCUT2D eigenvalue weighted by Crippen LogP contribution is 2.71. The molecule has 4 heterocycles. The molecular weight excluding hydrogens is 422 g/mol. The Kier molecular flexibility index (Phi) is 3.62. The van der Waals surface area contributed by atoms with E-state index in [-0.39, 0.29) is 35.3 Å². The van der Waals surface area contributed by atoms with Gasteiger partial charge in [-0.3, -0.25) is 22.9 Å². The topological polar surface area (TPSA) is 167 Å². The summed E-state index contributed by atoms with van der Waals surface area (Å²) in [6.07, 6.45) is -0.751. The number of phosphoric acid groups is 1. The van der Waals surface area contributed by atoms with Gasteiger partial charge < -0.3 is 16.2 Å². The van der Waals surface area contributed by atoms with Crippen LogP contribution in [0.15, 0.2) is 6.33 Å². The number of carbonyl (C=O) groups is 1. The van der Waals surface area contributed by atoms with E-state index in [1.807, 2.05) is 0 Å². The Labute approximate surface area is 160 Å². The van der Waals surface area contributed by atoms with Gasteiger partial charge in [-0.15, -0.1) is 0 Å². The minimum Gasteiger partial charge on any atom is -0.382 e. The van der Waals surface area contributed by atoms with Crippen molar-refractivity contribution in [2.45, 2.75) is 30.0 Å². The molecular formula is C13H13ClFN6O6P. The Morgan fingerprint density at radius 3 is 3.07 bits per heavy atom. The van der Waals surface area contributed by atoms with Crippen LogP contribution in [-0.2, 0) is 33.2 Å². The van der Waals surface area contributed by atoms with Gasteiger partial charge in [0.25, 0.3) is 0 Å². The molecule has 2 aromatic rings. The number of hydrogen-bond donors (Lipinski definition) is 2. The van der Waals surface area contributed by atoms with E-state index >= 15 is 4.39 Å². The molecule has 5 unspecified atom stereocenters. The van der Waals surface area contributed by atoms with Crippen molar-refractivity contribution in [3.05, 3.63) is 11.6 Å². The number of hydrogen-bond acceptors (Lipinski definition) is 10. The fourth-order valence-corrected chi connectivity index (χ4v) is 5.35. The number of nitrogens with two attached hydrogens (primary N) is 2. The molecule has 1 saturated carbocycles. The zero-order valence-electron chi connectivity index (χ0n) is 13.9. The highest BCUT2D eigenvalue weighted by molar-refractivity contribution is 7.48. The second-order valence-corrected chi connectivity index (χ2v) is 8.62. The van der Waals surface area contributed by atoms with Crippen molar-refractivity contribution < 1.29 is 32.1 Å². The number of primary amides is 1. The number of carbonyl (C=O) groups excluding carboxylic acids is 1. The minimum atomic E-state index is -4.17. The Hall–Kier alpha value is -1.89. The van der Waals surface area contributed by atoms with Crippen LogP contribution in [-0.4, -0.2) is 56.7 Å². The summed E-state index contributed by atoms with van der Waals surface area (Å²) in [5.74, 6) is -2.98. The van der Waals surface area contributed by atoms with Gasteiger partial charge in [-0.2, -0.15) is 9.97 Å². The maximum Gasteiger partial charge on any atom is 0.475 e. The van der Waals surface area contributed by atoms with E-state index < -0.39 is 43.9 Å². The van der Waals surface area contributed by atoms with Crippen molar-refractivity contribution in [3.63, 3.8) is 0 Å². The zero-order chi connectivity index (χ0) is 19.9. The van der Waals surface area contributed by atoms with Crippen molar-refractivity contribution >= 4 is 42.3 Å². The molecule has 150 valence electrons. The number of amides is 1. The number of rotatable bonds is 4. The third-order valence-electron chi connectivity index (χ3n) is 5.00. The number of alkyl halides is 1. The quantitative estimate of drug-likeness (QED) is 0.502. The molecule has 2 saturated heterocycles. The molecule has 3 aliphatic rings. The summed E-state index contributed by atoms with van der Waals surface area (Å²) in [4.78, 5) is 22.9. The summed E-state index contributed by atoms with van der Waals surface area (Å²) in [7, 11) is -4.17. The van der Waals surface area contributed by atoms with Crippen molar-refractivity contribution in [2.75, 3.05) is 18.9 Å². The van der Waals surface area contributed by atoms with E-state index in [0.29, 0.717) is 0 Å². The van der Waals surface area contributed by atoms with Crippen LogP contribution in [0.2, 0.25) is 5.28 Å². The van der Waals surface area contributed by atoms with Gasteiger partial charge in [0, 0.05) is 6.42 Å². The van der Waals surface area contributed by atoms with Crippen LogP contribution in [0.25, 0.3) is 11.2 Å². The number of nitrogen functional groups attached to an aromatic ring is 1. The Morgan fingerprint density at radius 2 is 2.32 bits per heavy atom. The number of ether oxygens (including phenoxy) is 1. The van der Waals surface area contributed by atoms with Gasteiger partial charge in [-0.05, 0) is 11.6 Å². The van der Waals surface area contributed by atoms with Crippen LogP contribution in [0.4, 0.5) is 10.2 Å². The molecule has 0 spiro atoms. The first-order valence-electron chi connectivity index (χ1n) is 8.07. The number of anilines is 1. The number of fused-ring (bicyclic) bond motifs is 4. The first-order chi connectivity index (χ1) is 13.2. The molecule has 1 amide bonds. The predicted octanol–water partition coefficient (Wildman–Crippen LogP) is 0.251. The molecule has 28 heavy (non-hydrogen) atoms. The zero-order valence-corrected chi connectivity index (χ0v) is 15.6. The van der Waals surface area contributed by atoms with E-state index in [1.165, 1.54) is 10.9 Å². The maximum absolute atomic E-state index is 15.4. The number of nitrogens with zero attached hydrogens (tertiary/aromatic N) is 4. The van der Waals surface area contributed by atoms with E-state index in [9.17, 15) is 9.36 Å². The molecule has 3 fully saturated rings. The van der Waals surface area contributed by atoms with E-state index in [0.717, 1.165) is 0 Å². The standard InChI is InChI=1S/C13H13ClFN6O6P/c14-11-19-9(17)7-10(20-11)21(4-18-7)12-3-13(12,15)26-5-1-24-28(23,27-8(5)12)25-2-6(16)22/h4-5,8H,1-3H2,(H2,16,22)(H2,17,19,20). The SMILES string of the molecule is NC(=O)COP1(=O)OCC2OC3(F)CC3(n3cnc4c(N)nc(Cl)nc43)C2O1. The summed E-state index contributed by atoms with van der Waals surface area (Å²) in [6.45, 7) is -0.949. The summed E-state index contributed by atoms with van der Waals surface area (Å²) in [5, 5.41) is -0.146. The second-order valence-electron chi connectivity index (χ2n) is 6.66. The van der Waals surface area contributed by atoms with Gasteiger partial charge in [0.15, 0.2) is 11.5 Å². The highest BCUT2D eigenvalue weighted by Gasteiger charge is 2.85. The van der Waals surface area contributed by atoms with Crippen LogP contribution in [0, 0.1) is 0 Å². The molecule has 5 atom stereocenters. The summed E-state index contributed by atoms with van der Waals surface area (Å²) in [5.41, 5.74) is 9.75. The van der Waals surface area contributed by atoms with Crippen molar-refractivity contribution in [1.82, 2.24) is 19.5 Å². The van der Waals surface area contributed by atoms with Crippen LogP contribution >= 0.6 is 19.4 Å². The molecule has 2 aliphatic heterocycles. The smallest absolute Gasteiger partial charge is 0.382 e. The van der Waals surface area contributed by atoms with Gasteiger partial charge in [0.05, 0.1) is 12.9 Å². The molecule has 15 heteroatoms. The third kappa shape index (κ3) is 2.34. The monoisotopic (exact) mass is 434 g/mol. The van der Waals surface area contributed by atoms with Gasteiger partial charge >= 0.3 is 7.82 Å². The van der Waals surface area contributed by atoms with Crippen molar-refractivity contribution in [2.24, 2.45) is 5.73 Å². The minimum absolute atomic E-state index is 0.0223. The molecule has 5 rings (SSSR count). The van der Waals surface area contributed by atoms with Crippen LogP contribution in [0.1, 0.15) is 6.42 Å². The number of halogens is 2. The molecule has 0 aromatic carbocycles. The van der Waals surface area contributed by atoms with Gasteiger partial charge in [0.2, 0.25) is 17.0 Å². The van der Waals surface area contributed by atoms with Crippen LogP contribution in [0.3, 0.4) is 0 Å². The molecule has 0 radical (unpaired) electrons. The van der Waals surface area contributed by atoms with E-state index in [2.05, 4.69) is 15.0 Å². The number of imidazole rings is 1. The molecule has 0 bridgehead atoms. The van der Waals surface area contributed by atoms with Gasteiger partial charge in [-0.25, -0.2) is 13.9 Å². The molecule has 1 aliphatic carbocycles. The lowest BCUT2D eigenvalue weighted by molar-refractivity contribution is -0.128. The van der Waals surface area contributed by atoms with E-state index in [1.54, 1.807) is 0 Å². The van der Waals surface area contributed by atoms with Gasteiger partial charge in [-0.1, -0.05) is 0 Å². The lowest BCUT2D eigenvalue weighted by Crippen LogP contribution is -2.44. The average Bonchev–Trinajstić information content (AvgIpc) is 2.91. The normalized spacial score (nSPS) is 38.9. The molecule has 4 N–H and O–H groups in total. The Morgan fingerprint density at radius 1 is 1.54 bits per heavy atom. The number of phosphoric ester groups is 1. The summed E-state index contributed by atoms with van der Waals surface area (Å²) < 4.78 is 50.3. The largest absolute Gasteiger partial charge is 0.475 e. The first kappa shape index (κ1) is 18.2. The lowest BCUT2D eigenvalue weighted by Gasteiger charge is -2.34. The summed E-state index contributed by atoms with van der Waals surface area (Å²) in [6, 6.07) is 0. The first-order valence-corrected chi connectivity index (χ1v) is 9.90. The third-order valence-corrected chi connectivity index (χ3v) is 6.56. The molecule has 12 nitrogen and oxygen atoms in total. The Balaban J connectivity index is 1.56. The van der Waals surface area contributed by atoms with Crippen LogP contribution < -0.4 is 11.5 Å². The Bertz CT molecular complexity index is 1070. The fraction of sp³-hybridized carbons (Fsp3) is 0.538. The maximum atomic E-state index is 15.4. The van der Waals surface area contributed by atoms with Crippen LogP contribution in [0.5, 0.6) is 0 Å².